The number of halogens is 7. The van der Waals surface area contributed by atoms with Crippen LogP contribution in [-0.2, 0) is 0 Å². The minimum Gasteiger partial charge on any atom is -0.324 e. The highest BCUT2D eigenvalue weighted by Gasteiger charge is 2.34. The van der Waals surface area contributed by atoms with E-state index >= 15 is 0 Å². The third kappa shape index (κ3) is 6.93. The van der Waals surface area contributed by atoms with Crippen LogP contribution in [0.15, 0.2) is 29.2 Å². The van der Waals surface area contributed by atoms with E-state index in [-0.39, 0.29) is 22.9 Å². The first-order valence-electron chi connectivity index (χ1n) is 4.75. The Hall–Kier alpha value is -0.600. The maximum Gasteiger partial charge on any atom is 0.446 e. The van der Waals surface area contributed by atoms with Gasteiger partial charge in [0.25, 0.3) is 0 Å². The van der Waals surface area contributed by atoms with Crippen LogP contribution < -0.4 is 5.73 Å². The summed E-state index contributed by atoms with van der Waals surface area (Å²) in [5, 5.41) is 0. The molecular formula is C10H10ClF6NS. The summed E-state index contributed by atoms with van der Waals surface area (Å²) in [7, 11) is 0. The lowest BCUT2D eigenvalue weighted by atomic mass is 10.0. The molecule has 2 N–H and O–H groups in total. The van der Waals surface area contributed by atoms with Gasteiger partial charge in [-0.1, -0.05) is 18.2 Å². The van der Waals surface area contributed by atoms with E-state index in [1.807, 2.05) is 0 Å². The molecule has 110 valence electrons. The average molecular weight is 326 g/mol. The molecule has 19 heavy (non-hydrogen) atoms. The predicted molar refractivity (Wildman–Crippen MR) is 63.2 cm³/mol. The van der Waals surface area contributed by atoms with Crippen LogP contribution in [0, 0.1) is 0 Å². The van der Waals surface area contributed by atoms with Crippen molar-refractivity contribution < 1.29 is 26.3 Å². The molecule has 0 aliphatic rings. The third-order valence-corrected chi connectivity index (χ3v) is 2.82. The van der Waals surface area contributed by atoms with Gasteiger partial charge in [-0.05, 0) is 23.4 Å². The highest BCUT2D eigenvalue weighted by atomic mass is 35.5. The van der Waals surface area contributed by atoms with Crippen molar-refractivity contribution in [2.24, 2.45) is 5.73 Å². The largest absolute Gasteiger partial charge is 0.446 e. The molecule has 0 aliphatic carbocycles. The smallest absolute Gasteiger partial charge is 0.324 e. The third-order valence-electron chi connectivity index (χ3n) is 2.00. The Morgan fingerprint density at radius 3 is 2.05 bits per heavy atom. The fraction of sp³-hybridized carbons (Fsp3) is 0.400. The number of hydrogen-bond acceptors (Lipinski definition) is 2. The summed E-state index contributed by atoms with van der Waals surface area (Å²) in [4.78, 5) is -0.304. The van der Waals surface area contributed by atoms with Gasteiger partial charge in [0.05, 0.1) is 6.42 Å². The van der Waals surface area contributed by atoms with Gasteiger partial charge in [0.15, 0.2) is 0 Å². The zero-order valence-corrected chi connectivity index (χ0v) is 10.9. The first-order valence-corrected chi connectivity index (χ1v) is 5.57. The molecule has 0 amide bonds. The normalized spacial score (nSPS) is 13.8. The SMILES string of the molecule is Cl.N[C@@H](CC(F)(F)F)c1ccccc1SC(F)(F)F. The highest BCUT2D eigenvalue weighted by Crippen LogP contribution is 2.41. The maximum atomic E-state index is 12.2. The molecule has 1 nitrogen and oxygen atoms in total. The number of thioether (sulfide) groups is 1. The maximum absolute atomic E-state index is 12.2. The summed E-state index contributed by atoms with van der Waals surface area (Å²) in [6.07, 6.45) is -5.88. The van der Waals surface area contributed by atoms with E-state index in [0.717, 1.165) is 6.07 Å². The van der Waals surface area contributed by atoms with Crippen molar-refractivity contribution in [3.63, 3.8) is 0 Å². The molecular weight excluding hydrogens is 316 g/mol. The molecule has 0 bridgehead atoms. The number of hydrogen-bond donors (Lipinski definition) is 1. The summed E-state index contributed by atoms with van der Waals surface area (Å²) in [6.45, 7) is 0. The van der Waals surface area contributed by atoms with Crippen LogP contribution in [0.5, 0.6) is 0 Å². The number of benzene rings is 1. The minimum atomic E-state index is -4.56. The van der Waals surface area contributed by atoms with E-state index in [9.17, 15) is 26.3 Å². The average Bonchev–Trinajstić information content (AvgIpc) is 2.12. The molecule has 0 aliphatic heterocycles. The Kier molecular flexibility index (Phi) is 6.50. The molecule has 0 aromatic heterocycles. The van der Waals surface area contributed by atoms with E-state index in [4.69, 9.17) is 5.73 Å². The van der Waals surface area contributed by atoms with Crippen molar-refractivity contribution in [2.45, 2.75) is 29.0 Å². The van der Waals surface area contributed by atoms with Crippen LogP contribution in [0.1, 0.15) is 18.0 Å². The molecule has 0 radical (unpaired) electrons. The van der Waals surface area contributed by atoms with Gasteiger partial charge in [-0.25, -0.2) is 0 Å². The van der Waals surface area contributed by atoms with Gasteiger partial charge in [0, 0.05) is 10.9 Å². The Morgan fingerprint density at radius 1 is 1.05 bits per heavy atom. The highest BCUT2D eigenvalue weighted by molar-refractivity contribution is 8.00. The van der Waals surface area contributed by atoms with Crippen LogP contribution in [-0.4, -0.2) is 11.7 Å². The van der Waals surface area contributed by atoms with Gasteiger partial charge in [0.2, 0.25) is 0 Å². The predicted octanol–water partition coefficient (Wildman–Crippen LogP) is 4.67. The second kappa shape index (κ2) is 6.71. The summed E-state index contributed by atoms with van der Waals surface area (Å²) in [5.74, 6) is 0. The molecule has 9 heteroatoms. The van der Waals surface area contributed by atoms with Crippen LogP contribution in [0.3, 0.4) is 0 Å². The number of alkyl halides is 6. The lowest BCUT2D eigenvalue weighted by Crippen LogP contribution is -2.21. The molecule has 0 unspecified atom stereocenters. The second-order valence-electron chi connectivity index (χ2n) is 3.51. The van der Waals surface area contributed by atoms with E-state index < -0.39 is 35.9 Å². The standard InChI is InChI=1S/C10H9F6NS.ClH/c11-9(12,13)5-7(17)6-3-1-2-4-8(6)18-10(14,15)16;/h1-4,7H,5,17H2;1H/t7-;/m0./s1. The van der Waals surface area contributed by atoms with Gasteiger partial charge in [0.1, 0.15) is 0 Å². The minimum absolute atomic E-state index is 0. The summed E-state index contributed by atoms with van der Waals surface area (Å²) < 4.78 is 73.1. The Balaban J connectivity index is 0.00000324. The van der Waals surface area contributed by atoms with Crippen molar-refractivity contribution in [3.05, 3.63) is 29.8 Å². The zero-order chi connectivity index (χ0) is 14.0. The van der Waals surface area contributed by atoms with E-state index in [0.29, 0.717) is 0 Å². The molecule has 0 saturated heterocycles. The van der Waals surface area contributed by atoms with Gasteiger partial charge >= 0.3 is 11.7 Å². The summed E-state index contributed by atoms with van der Waals surface area (Å²) in [5.41, 5.74) is 0.583. The van der Waals surface area contributed by atoms with E-state index in [1.54, 1.807) is 0 Å². The van der Waals surface area contributed by atoms with E-state index in [2.05, 4.69) is 0 Å². The van der Waals surface area contributed by atoms with Crippen LogP contribution in [0.2, 0.25) is 0 Å². The quantitative estimate of drug-likeness (QED) is 0.645. The van der Waals surface area contributed by atoms with Crippen molar-refractivity contribution in [3.8, 4) is 0 Å². The first-order chi connectivity index (χ1) is 8.08. The van der Waals surface area contributed by atoms with Crippen LogP contribution >= 0.6 is 24.2 Å². The Morgan fingerprint density at radius 2 is 1.58 bits per heavy atom. The van der Waals surface area contributed by atoms with Crippen LogP contribution in [0.4, 0.5) is 26.3 Å². The van der Waals surface area contributed by atoms with Crippen molar-refractivity contribution >= 4 is 24.2 Å². The monoisotopic (exact) mass is 325 g/mol. The van der Waals surface area contributed by atoms with Crippen LogP contribution in [0.25, 0.3) is 0 Å². The molecule has 1 aromatic carbocycles. The lowest BCUT2D eigenvalue weighted by molar-refractivity contribution is -0.138. The number of nitrogens with two attached hydrogens (primary N) is 1. The number of rotatable bonds is 3. The molecule has 1 aromatic rings. The Bertz CT molecular complexity index is 406. The lowest BCUT2D eigenvalue weighted by Gasteiger charge is -2.18. The van der Waals surface area contributed by atoms with Gasteiger partial charge in [-0.2, -0.15) is 26.3 Å². The molecule has 1 atom stereocenters. The van der Waals surface area contributed by atoms with Gasteiger partial charge < -0.3 is 5.73 Å². The molecule has 0 fully saturated rings. The van der Waals surface area contributed by atoms with Crippen molar-refractivity contribution in [1.82, 2.24) is 0 Å². The molecule has 0 saturated carbocycles. The first kappa shape index (κ1) is 18.4. The van der Waals surface area contributed by atoms with Crippen molar-refractivity contribution in [2.75, 3.05) is 0 Å². The van der Waals surface area contributed by atoms with Gasteiger partial charge in [-0.3, -0.25) is 0 Å². The van der Waals surface area contributed by atoms with Gasteiger partial charge in [-0.15, -0.1) is 12.4 Å². The fourth-order valence-electron chi connectivity index (χ4n) is 1.36. The summed E-state index contributed by atoms with van der Waals surface area (Å²) >= 11 is -0.466. The molecule has 0 spiro atoms. The zero-order valence-electron chi connectivity index (χ0n) is 9.26. The topological polar surface area (TPSA) is 26.0 Å². The van der Waals surface area contributed by atoms with E-state index in [1.165, 1.54) is 18.2 Å². The second-order valence-corrected chi connectivity index (χ2v) is 4.62. The fourth-order valence-corrected chi connectivity index (χ4v) is 2.10. The molecule has 1 rings (SSSR count). The Labute approximate surface area is 116 Å². The summed E-state index contributed by atoms with van der Waals surface area (Å²) in [6, 6.07) is 3.44. The molecule has 0 heterocycles. The van der Waals surface area contributed by atoms with Crippen molar-refractivity contribution in [1.29, 1.82) is 0 Å².